The normalized spacial score (nSPS) is 16.4. The number of hydrogen-bond acceptors (Lipinski definition) is 6. The van der Waals surface area contributed by atoms with E-state index < -0.39 is 0 Å². The third-order valence-electron chi connectivity index (χ3n) is 10.1. The van der Waals surface area contributed by atoms with Gasteiger partial charge in [0.2, 0.25) is 0 Å². The molecule has 0 radical (unpaired) electrons. The Bertz CT molecular complexity index is 1940. The highest BCUT2D eigenvalue weighted by molar-refractivity contribution is 7.98. The van der Waals surface area contributed by atoms with Crippen LogP contribution in [0.4, 0.5) is 0 Å². The molecule has 1 N–H and O–H groups in total. The third-order valence-corrected chi connectivity index (χ3v) is 10.9. The first-order chi connectivity index (χ1) is 23.7. The van der Waals surface area contributed by atoms with Gasteiger partial charge in [-0.25, -0.2) is 4.79 Å². The molecule has 1 amide bonds. The molecular formula is C40H48N4O4S. The molecule has 0 atom stereocenters. The Morgan fingerprint density at radius 3 is 2.45 bits per heavy atom. The predicted octanol–water partition coefficient (Wildman–Crippen LogP) is 9.54. The summed E-state index contributed by atoms with van der Waals surface area (Å²) in [6.45, 7) is 11.0. The van der Waals surface area contributed by atoms with Crippen molar-refractivity contribution in [3.05, 3.63) is 70.0 Å². The molecule has 4 aromatic rings. The van der Waals surface area contributed by atoms with Crippen LogP contribution in [0.1, 0.15) is 141 Å². The summed E-state index contributed by atoms with van der Waals surface area (Å²) in [7, 11) is 1.70. The van der Waals surface area contributed by atoms with Gasteiger partial charge in [0.1, 0.15) is 11.3 Å². The fourth-order valence-corrected chi connectivity index (χ4v) is 8.17. The molecule has 2 fully saturated rings. The van der Waals surface area contributed by atoms with Crippen molar-refractivity contribution in [1.29, 1.82) is 0 Å². The highest BCUT2D eigenvalue weighted by Gasteiger charge is 2.37. The lowest BCUT2D eigenvalue weighted by atomic mass is 9.81. The molecule has 0 bridgehead atoms. The number of ether oxygens (including phenoxy) is 2. The molecule has 2 aromatic heterocycles. The van der Waals surface area contributed by atoms with Gasteiger partial charge >= 0.3 is 5.97 Å². The van der Waals surface area contributed by atoms with Gasteiger partial charge in [-0.2, -0.15) is 5.10 Å². The lowest BCUT2D eigenvalue weighted by Crippen LogP contribution is -2.18. The van der Waals surface area contributed by atoms with E-state index in [1.807, 2.05) is 19.1 Å². The summed E-state index contributed by atoms with van der Waals surface area (Å²) in [6.07, 6.45) is 10.3. The van der Waals surface area contributed by atoms with E-state index in [0.29, 0.717) is 30.2 Å². The highest BCUT2D eigenvalue weighted by atomic mass is 32.2. The highest BCUT2D eigenvalue weighted by Crippen LogP contribution is 2.49. The van der Waals surface area contributed by atoms with Gasteiger partial charge in [0.25, 0.3) is 5.91 Å². The molecule has 2 saturated carbocycles. The molecule has 9 heteroatoms. The van der Waals surface area contributed by atoms with Gasteiger partial charge in [0.05, 0.1) is 43.4 Å². The van der Waals surface area contributed by atoms with Crippen LogP contribution in [-0.2, 0) is 11.3 Å². The number of nitrogens with zero attached hydrogens (tertiary/aromatic N) is 3. The summed E-state index contributed by atoms with van der Waals surface area (Å²) in [6, 6.07) is 12.8. The van der Waals surface area contributed by atoms with Crippen molar-refractivity contribution in [2.75, 3.05) is 13.7 Å². The Hall–Kier alpha value is -3.98. The molecule has 49 heavy (non-hydrogen) atoms. The molecule has 3 heterocycles. The number of fused-ring (bicyclic) bond motifs is 5. The molecule has 3 aliphatic rings. The molecule has 0 unspecified atom stereocenters. The maximum Gasteiger partial charge on any atom is 0.342 e. The van der Waals surface area contributed by atoms with E-state index >= 15 is 0 Å². The zero-order valence-electron chi connectivity index (χ0n) is 29.6. The Balaban J connectivity index is 1.51. The first-order valence-electron chi connectivity index (χ1n) is 18.0. The molecule has 0 saturated heterocycles. The summed E-state index contributed by atoms with van der Waals surface area (Å²) in [5.41, 5.74) is 9.59. The Kier molecular flexibility index (Phi) is 9.39. The van der Waals surface area contributed by atoms with Gasteiger partial charge in [-0.1, -0.05) is 53.0 Å². The van der Waals surface area contributed by atoms with E-state index in [4.69, 9.17) is 14.6 Å². The SMILES string of the molecule is CCOC(=O)c1c(C(C)C)nn(C2CC2)c1C1=Cc2cc(OC)ccc2-c2c(C3CCCCC3)c3ccc(C(=O)NSC(C)C)cc3n2C1. The second kappa shape index (κ2) is 13.7. The van der Waals surface area contributed by atoms with E-state index in [2.05, 4.69) is 72.0 Å². The second-order valence-electron chi connectivity index (χ2n) is 14.3. The molecule has 2 aliphatic carbocycles. The van der Waals surface area contributed by atoms with Gasteiger partial charge in [-0.3, -0.25) is 14.2 Å². The largest absolute Gasteiger partial charge is 0.497 e. The van der Waals surface area contributed by atoms with Gasteiger partial charge in [0.15, 0.2) is 0 Å². The number of benzene rings is 2. The van der Waals surface area contributed by atoms with Crippen LogP contribution in [0.25, 0.3) is 33.8 Å². The molecule has 2 aromatic carbocycles. The molecule has 7 rings (SSSR count). The minimum atomic E-state index is -0.328. The number of carbonyl (C=O) groups excluding carboxylic acids is 2. The number of carbonyl (C=O) groups is 2. The van der Waals surface area contributed by atoms with Gasteiger partial charge in [0, 0.05) is 27.3 Å². The van der Waals surface area contributed by atoms with Crippen LogP contribution >= 0.6 is 11.9 Å². The van der Waals surface area contributed by atoms with E-state index in [0.717, 1.165) is 65.0 Å². The number of rotatable bonds is 10. The number of allylic oxidation sites excluding steroid dienone is 1. The summed E-state index contributed by atoms with van der Waals surface area (Å²) >= 11 is 1.43. The average Bonchev–Trinajstić information content (AvgIpc) is 3.82. The van der Waals surface area contributed by atoms with Crippen LogP contribution in [0, 0.1) is 0 Å². The first-order valence-corrected chi connectivity index (χ1v) is 18.9. The summed E-state index contributed by atoms with van der Waals surface area (Å²) in [4.78, 5) is 27.3. The fraction of sp³-hybridized carbons (Fsp3) is 0.475. The standard InChI is InChI=1S/C40H48N4O4S/c1-7-48-40(46)35-36(23(2)3)41-44(29-14-15-29)37(35)28-19-27-20-30(47-6)16-18-31(27)38-34(25-11-9-8-10-12-25)32-17-13-26(21-33(32)43(38)22-28)39(45)42-49-24(4)5/h13,16-21,23-25,29H,7-12,14-15,22H2,1-6H3,(H,42,45). The summed E-state index contributed by atoms with van der Waals surface area (Å²) in [5, 5.41) is 6.60. The average molecular weight is 681 g/mol. The summed E-state index contributed by atoms with van der Waals surface area (Å²) in [5.74, 6) is 0.820. The topological polar surface area (TPSA) is 87.4 Å². The molecular weight excluding hydrogens is 633 g/mol. The van der Waals surface area contributed by atoms with Crippen molar-refractivity contribution >= 4 is 46.4 Å². The Morgan fingerprint density at radius 1 is 1.00 bits per heavy atom. The number of amides is 1. The van der Waals surface area contributed by atoms with Crippen LogP contribution < -0.4 is 9.46 Å². The quantitative estimate of drug-likeness (QED) is 0.133. The zero-order valence-corrected chi connectivity index (χ0v) is 30.4. The molecule has 0 spiro atoms. The predicted molar refractivity (Wildman–Crippen MR) is 198 cm³/mol. The number of methoxy groups -OCH3 is 1. The first kappa shape index (κ1) is 33.5. The van der Waals surface area contributed by atoms with E-state index in [9.17, 15) is 9.59 Å². The minimum Gasteiger partial charge on any atom is -0.497 e. The minimum absolute atomic E-state index is 0.0440. The third kappa shape index (κ3) is 6.31. The van der Waals surface area contributed by atoms with Gasteiger partial charge in [-0.05, 0) is 109 Å². The maximum atomic E-state index is 13.8. The monoisotopic (exact) mass is 680 g/mol. The van der Waals surface area contributed by atoms with Crippen molar-refractivity contribution < 1.29 is 19.1 Å². The second-order valence-corrected chi connectivity index (χ2v) is 15.7. The molecule has 1 aliphatic heterocycles. The Labute approximate surface area is 293 Å². The van der Waals surface area contributed by atoms with Crippen molar-refractivity contribution in [1.82, 2.24) is 19.1 Å². The number of hydrogen-bond donors (Lipinski definition) is 1. The maximum absolute atomic E-state index is 13.8. The number of nitrogens with one attached hydrogen (secondary N) is 1. The van der Waals surface area contributed by atoms with Gasteiger partial charge < -0.3 is 14.0 Å². The zero-order chi connectivity index (χ0) is 34.4. The number of aromatic nitrogens is 3. The van der Waals surface area contributed by atoms with Crippen molar-refractivity contribution in [3.63, 3.8) is 0 Å². The molecule has 8 nitrogen and oxygen atoms in total. The summed E-state index contributed by atoms with van der Waals surface area (Å²) < 4.78 is 19.0. The number of esters is 1. The fourth-order valence-electron chi connectivity index (χ4n) is 7.71. The van der Waals surface area contributed by atoms with Crippen LogP contribution in [0.2, 0.25) is 0 Å². The van der Waals surface area contributed by atoms with Crippen molar-refractivity contribution in [2.24, 2.45) is 0 Å². The smallest absolute Gasteiger partial charge is 0.342 e. The van der Waals surface area contributed by atoms with E-state index in [1.54, 1.807) is 7.11 Å². The van der Waals surface area contributed by atoms with E-state index in [1.165, 1.54) is 47.9 Å². The Morgan fingerprint density at radius 2 is 1.78 bits per heavy atom. The van der Waals surface area contributed by atoms with Crippen LogP contribution in [0.3, 0.4) is 0 Å². The van der Waals surface area contributed by atoms with E-state index in [-0.39, 0.29) is 29.1 Å². The van der Waals surface area contributed by atoms with Crippen LogP contribution in [-0.4, -0.2) is 45.2 Å². The lowest BCUT2D eigenvalue weighted by Gasteiger charge is -2.24. The van der Waals surface area contributed by atoms with Crippen molar-refractivity contribution in [2.45, 2.75) is 109 Å². The van der Waals surface area contributed by atoms with Crippen LogP contribution in [0.5, 0.6) is 5.75 Å². The van der Waals surface area contributed by atoms with Crippen LogP contribution in [0.15, 0.2) is 36.4 Å². The van der Waals surface area contributed by atoms with Crippen molar-refractivity contribution in [3.8, 4) is 17.0 Å². The van der Waals surface area contributed by atoms with Gasteiger partial charge in [-0.15, -0.1) is 0 Å². The lowest BCUT2D eigenvalue weighted by molar-refractivity contribution is 0.0524. The molecule has 258 valence electrons.